The maximum absolute atomic E-state index is 12.3. The first kappa shape index (κ1) is 16.4. The Morgan fingerprint density at radius 2 is 1.95 bits per heavy atom. The molecule has 0 aliphatic carbocycles. The van der Waals surface area contributed by atoms with E-state index in [9.17, 15) is 13.2 Å². The average molecular weight is 290 g/mol. The Balaban J connectivity index is 2.44. The lowest BCUT2D eigenvalue weighted by atomic mass is 9.74. The zero-order valence-electron chi connectivity index (χ0n) is 12.0. The van der Waals surface area contributed by atoms with Crippen molar-refractivity contribution in [3.63, 3.8) is 0 Å². The van der Waals surface area contributed by atoms with Crippen LogP contribution in [0.3, 0.4) is 0 Å². The minimum absolute atomic E-state index is 0.101. The van der Waals surface area contributed by atoms with Crippen molar-refractivity contribution in [1.29, 1.82) is 0 Å². The SMILES string of the molecule is CCCC1(C(=O)NCCCS(C)(=O)=O)CCNCC1. The number of sulfone groups is 1. The molecule has 0 spiro atoms. The topological polar surface area (TPSA) is 75.3 Å². The van der Waals surface area contributed by atoms with Gasteiger partial charge in [-0.1, -0.05) is 13.3 Å². The minimum atomic E-state index is -2.93. The molecule has 6 heteroatoms. The van der Waals surface area contributed by atoms with E-state index < -0.39 is 9.84 Å². The highest BCUT2D eigenvalue weighted by Gasteiger charge is 2.38. The molecular weight excluding hydrogens is 264 g/mol. The van der Waals surface area contributed by atoms with Crippen molar-refractivity contribution in [2.24, 2.45) is 5.41 Å². The van der Waals surface area contributed by atoms with Gasteiger partial charge in [0, 0.05) is 12.8 Å². The summed E-state index contributed by atoms with van der Waals surface area (Å²) in [5.41, 5.74) is -0.245. The largest absolute Gasteiger partial charge is 0.356 e. The second-order valence-electron chi connectivity index (χ2n) is 5.52. The molecule has 112 valence electrons. The van der Waals surface area contributed by atoms with Crippen molar-refractivity contribution in [3.8, 4) is 0 Å². The van der Waals surface area contributed by atoms with Crippen LogP contribution in [-0.4, -0.2) is 46.0 Å². The van der Waals surface area contributed by atoms with Gasteiger partial charge in [0.25, 0.3) is 0 Å². The van der Waals surface area contributed by atoms with Gasteiger partial charge in [-0.3, -0.25) is 4.79 Å². The van der Waals surface area contributed by atoms with Crippen LogP contribution in [0.4, 0.5) is 0 Å². The summed E-state index contributed by atoms with van der Waals surface area (Å²) in [5.74, 6) is 0.236. The number of amides is 1. The van der Waals surface area contributed by atoms with Crippen LogP contribution in [0.5, 0.6) is 0 Å². The Morgan fingerprint density at radius 1 is 1.32 bits per heavy atom. The summed E-state index contributed by atoms with van der Waals surface area (Å²) < 4.78 is 22.0. The molecule has 0 atom stereocenters. The van der Waals surface area contributed by atoms with Crippen molar-refractivity contribution < 1.29 is 13.2 Å². The van der Waals surface area contributed by atoms with E-state index in [-0.39, 0.29) is 17.1 Å². The number of carbonyl (C=O) groups is 1. The highest BCUT2D eigenvalue weighted by atomic mass is 32.2. The summed E-state index contributed by atoms with van der Waals surface area (Å²) in [6.45, 7) is 4.32. The second-order valence-corrected chi connectivity index (χ2v) is 7.78. The predicted molar refractivity (Wildman–Crippen MR) is 76.8 cm³/mol. The lowest BCUT2D eigenvalue weighted by Crippen LogP contribution is -2.47. The van der Waals surface area contributed by atoms with Gasteiger partial charge >= 0.3 is 0 Å². The van der Waals surface area contributed by atoms with Crippen molar-refractivity contribution >= 4 is 15.7 Å². The van der Waals surface area contributed by atoms with Crippen molar-refractivity contribution in [3.05, 3.63) is 0 Å². The normalized spacial score (nSPS) is 19.1. The third-order valence-electron chi connectivity index (χ3n) is 3.75. The first-order chi connectivity index (χ1) is 8.90. The van der Waals surface area contributed by atoms with Crippen LogP contribution in [-0.2, 0) is 14.6 Å². The summed E-state index contributed by atoms with van der Waals surface area (Å²) in [7, 11) is -2.93. The van der Waals surface area contributed by atoms with E-state index in [1.807, 2.05) is 0 Å². The average Bonchev–Trinajstić information content (AvgIpc) is 2.34. The van der Waals surface area contributed by atoms with Crippen molar-refractivity contribution in [2.75, 3.05) is 31.6 Å². The maximum Gasteiger partial charge on any atom is 0.226 e. The molecule has 1 fully saturated rings. The molecule has 1 amide bonds. The summed E-state index contributed by atoms with van der Waals surface area (Å²) in [6, 6.07) is 0. The number of carbonyl (C=O) groups excluding carboxylic acids is 1. The monoisotopic (exact) mass is 290 g/mol. The van der Waals surface area contributed by atoms with Gasteiger partial charge in [-0.15, -0.1) is 0 Å². The van der Waals surface area contributed by atoms with E-state index in [0.29, 0.717) is 13.0 Å². The van der Waals surface area contributed by atoms with Gasteiger partial charge in [0.2, 0.25) is 5.91 Å². The molecule has 1 aliphatic rings. The Labute approximate surface area is 116 Å². The molecule has 0 unspecified atom stereocenters. The zero-order valence-corrected chi connectivity index (χ0v) is 12.8. The third kappa shape index (κ3) is 5.48. The number of hydrogen-bond acceptors (Lipinski definition) is 4. The maximum atomic E-state index is 12.3. The smallest absolute Gasteiger partial charge is 0.226 e. The zero-order chi connectivity index (χ0) is 14.4. The lowest BCUT2D eigenvalue weighted by molar-refractivity contribution is -0.133. The molecule has 1 saturated heterocycles. The molecule has 0 bridgehead atoms. The Hall–Kier alpha value is -0.620. The molecular formula is C13H26N2O3S. The summed E-state index contributed by atoms with van der Waals surface area (Å²) in [5, 5.41) is 6.20. The van der Waals surface area contributed by atoms with Gasteiger partial charge in [0.1, 0.15) is 9.84 Å². The summed E-state index contributed by atoms with van der Waals surface area (Å²) >= 11 is 0. The second kappa shape index (κ2) is 7.24. The fraction of sp³-hybridized carbons (Fsp3) is 0.923. The fourth-order valence-electron chi connectivity index (χ4n) is 2.70. The molecule has 2 N–H and O–H groups in total. The molecule has 0 radical (unpaired) electrons. The molecule has 19 heavy (non-hydrogen) atoms. The quantitative estimate of drug-likeness (QED) is 0.677. The van der Waals surface area contributed by atoms with Gasteiger partial charge in [-0.25, -0.2) is 8.42 Å². The van der Waals surface area contributed by atoms with E-state index in [4.69, 9.17) is 0 Å². The molecule has 1 heterocycles. The lowest BCUT2D eigenvalue weighted by Gasteiger charge is -2.36. The van der Waals surface area contributed by atoms with Crippen LogP contribution in [0.2, 0.25) is 0 Å². The number of hydrogen-bond donors (Lipinski definition) is 2. The number of nitrogens with one attached hydrogen (secondary N) is 2. The molecule has 0 aromatic heterocycles. The first-order valence-corrected chi connectivity index (χ1v) is 9.12. The highest BCUT2D eigenvalue weighted by Crippen LogP contribution is 2.34. The van der Waals surface area contributed by atoms with E-state index in [0.717, 1.165) is 38.8 Å². The van der Waals surface area contributed by atoms with Gasteiger partial charge in [0.15, 0.2) is 0 Å². The van der Waals surface area contributed by atoms with Crippen LogP contribution < -0.4 is 10.6 Å². The van der Waals surface area contributed by atoms with Crippen molar-refractivity contribution in [2.45, 2.75) is 39.0 Å². The van der Waals surface area contributed by atoms with Crippen LogP contribution in [0, 0.1) is 5.41 Å². The van der Waals surface area contributed by atoms with E-state index in [1.54, 1.807) is 0 Å². The molecule has 0 aromatic carbocycles. The van der Waals surface area contributed by atoms with Crippen molar-refractivity contribution in [1.82, 2.24) is 10.6 Å². The molecule has 0 aromatic rings. The van der Waals surface area contributed by atoms with Crippen LogP contribution >= 0.6 is 0 Å². The minimum Gasteiger partial charge on any atom is -0.356 e. The standard InChI is InChI=1S/C13H26N2O3S/c1-3-5-13(6-9-14-10-7-13)12(16)15-8-4-11-19(2,17)18/h14H,3-11H2,1-2H3,(H,15,16). The van der Waals surface area contributed by atoms with Gasteiger partial charge in [0.05, 0.1) is 11.2 Å². The van der Waals surface area contributed by atoms with E-state index >= 15 is 0 Å². The molecule has 1 aliphatic heterocycles. The fourth-order valence-corrected chi connectivity index (χ4v) is 3.37. The number of rotatable bonds is 7. The predicted octanol–water partition coefficient (Wildman–Crippen LogP) is 0.707. The van der Waals surface area contributed by atoms with Crippen LogP contribution in [0.25, 0.3) is 0 Å². The molecule has 5 nitrogen and oxygen atoms in total. The summed E-state index contributed by atoms with van der Waals surface area (Å²) in [4.78, 5) is 12.3. The van der Waals surface area contributed by atoms with E-state index in [1.165, 1.54) is 6.26 Å². The third-order valence-corrected chi connectivity index (χ3v) is 4.78. The Bertz CT molecular complexity index is 381. The Morgan fingerprint density at radius 3 is 2.47 bits per heavy atom. The highest BCUT2D eigenvalue weighted by molar-refractivity contribution is 7.90. The van der Waals surface area contributed by atoms with Crippen LogP contribution in [0.15, 0.2) is 0 Å². The van der Waals surface area contributed by atoms with Gasteiger partial charge in [-0.05, 0) is 38.8 Å². The number of piperidine rings is 1. The molecule has 1 rings (SSSR count). The van der Waals surface area contributed by atoms with Gasteiger partial charge < -0.3 is 10.6 Å². The summed E-state index contributed by atoms with van der Waals surface area (Å²) in [6.07, 6.45) is 5.37. The Kier molecular flexibility index (Phi) is 6.26. The molecule has 0 saturated carbocycles. The first-order valence-electron chi connectivity index (χ1n) is 7.06. The van der Waals surface area contributed by atoms with Crippen LogP contribution in [0.1, 0.15) is 39.0 Å². The van der Waals surface area contributed by atoms with Gasteiger partial charge in [-0.2, -0.15) is 0 Å². The van der Waals surface area contributed by atoms with E-state index in [2.05, 4.69) is 17.6 Å².